The summed E-state index contributed by atoms with van der Waals surface area (Å²) in [5, 5.41) is 0. The number of likely N-dealkylation sites (tertiary alicyclic amines) is 1. The largest absolute Gasteiger partial charge is 0.300 e. The maximum atomic E-state index is 12.5. The van der Waals surface area contributed by atoms with E-state index in [1.807, 2.05) is 7.05 Å². The van der Waals surface area contributed by atoms with Crippen LogP contribution in [0.5, 0.6) is 0 Å². The summed E-state index contributed by atoms with van der Waals surface area (Å²) in [6.07, 6.45) is 0.583. The molecule has 0 spiro atoms. The fourth-order valence-electron chi connectivity index (χ4n) is 2.36. The molecule has 0 aromatic heterocycles. The lowest BCUT2D eigenvalue weighted by Crippen LogP contribution is -2.37. The molecule has 1 aliphatic heterocycles. The van der Waals surface area contributed by atoms with Crippen LogP contribution in [0.1, 0.15) is 33.1 Å². The van der Waals surface area contributed by atoms with E-state index in [-0.39, 0.29) is 5.54 Å². The molecule has 0 aliphatic carbocycles. The van der Waals surface area contributed by atoms with Crippen molar-refractivity contribution < 1.29 is 8.78 Å². The van der Waals surface area contributed by atoms with Crippen molar-refractivity contribution in [3.8, 4) is 0 Å². The molecule has 1 fully saturated rings. The molecule has 0 unspecified atom stereocenters. The molecule has 0 aromatic carbocycles. The molecule has 3 heteroatoms. The van der Waals surface area contributed by atoms with Gasteiger partial charge in [-0.2, -0.15) is 0 Å². The van der Waals surface area contributed by atoms with Gasteiger partial charge in [-0.25, -0.2) is 8.78 Å². The zero-order chi connectivity index (χ0) is 10.1. The molecule has 0 aromatic rings. The molecule has 0 amide bonds. The van der Waals surface area contributed by atoms with Crippen molar-refractivity contribution in [3.63, 3.8) is 0 Å². The van der Waals surface area contributed by atoms with E-state index in [1.165, 1.54) is 0 Å². The molecule has 0 saturated carbocycles. The van der Waals surface area contributed by atoms with Gasteiger partial charge in [0.2, 0.25) is 6.43 Å². The van der Waals surface area contributed by atoms with Gasteiger partial charge in [0.25, 0.3) is 0 Å². The molecule has 78 valence electrons. The Kier molecular flexibility index (Phi) is 3.28. The minimum Gasteiger partial charge on any atom is -0.300 e. The standard InChI is InChI=1S/C10H19F2N/c1-4-5-10(2)6-8(9(11)12)7-13(10)3/h8-9H,4-7H2,1-3H3/t8-,10+/m0/s1. The molecule has 1 nitrogen and oxygen atoms in total. The lowest BCUT2D eigenvalue weighted by Gasteiger charge is -2.31. The molecule has 1 saturated heterocycles. The highest BCUT2D eigenvalue weighted by Gasteiger charge is 2.42. The first-order valence-electron chi connectivity index (χ1n) is 4.99. The average molecular weight is 191 g/mol. The summed E-state index contributed by atoms with van der Waals surface area (Å²) in [5.74, 6) is -0.415. The number of hydrogen-bond acceptors (Lipinski definition) is 1. The molecule has 13 heavy (non-hydrogen) atoms. The maximum Gasteiger partial charge on any atom is 0.242 e. The van der Waals surface area contributed by atoms with E-state index in [9.17, 15) is 8.78 Å². The maximum absolute atomic E-state index is 12.5. The highest BCUT2D eigenvalue weighted by molar-refractivity contribution is 4.94. The van der Waals surface area contributed by atoms with Gasteiger partial charge < -0.3 is 4.90 Å². The summed E-state index contributed by atoms with van der Waals surface area (Å²) in [6, 6.07) is 0. The van der Waals surface area contributed by atoms with Crippen molar-refractivity contribution in [2.75, 3.05) is 13.6 Å². The van der Waals surface area contributed by atoms with Crippen LogP contribution in [0.4, 0.5) is 8.78 Å². The van der Waals surface area contributed by atoms with Crippen LogP contribution < -0.4 is 0 Å². The lowest BCUT2D eigenvalue weighted by molar-refractivity contribution is 0.0817. The molecule has 2 atom stereocenters. The van der Waals surface area contributed by atoms with Gasteiger partial charge in [0.15, 0.2) is 0 Å². The first-order chi connectivity index (χ1) is 5.99. The second kappa shape index (κ2) is 3.91. The van der Waals surface area contributed by atoms with Gasteiger partial charge in [-0.05, 0) is 26.8 Å². The minimum absolute atomic E-state index is 0.00977. The number of halogens is 2. The fraction of sp³-hybridized carbons (Fsp3) is 1.00. The van der Waals surface area contributed by atoms with E-state index in [4.69, 9.17) is 0 Å². The zero-order valence-electron chi connectivity index (χ0n) is 8.69. The smallest absolute Gasteiger partial charge is 0.242 e. The second-order valence-corrected chi connectivity index (χ2v) is 4.43. The van der Waals surface area contributed by atoms with Gasteiger partial charge in [-0.15, -0.1) is 0 Å². The molecular weight excluding hydrogens is 172 g/mol. The Bertz CT molecular complexity index is 172. The summed E-state index contributed by atoms with van der Waals surface area (Å²) in [5.41, 5.74) is 0.00977. The Morgan fingerprint density at radius 3 is 2.54 bits per heavy atom. The van der Waals surface area contributed by atoms with Crippen LogP contribution in [0.2, 0.25) is 0 Å². The Labute approximate surface area is 79.1 Å². The van der Waals surface area contributed by atoms with Crippen molar-refractivity contribution >= 4 is 0 Å². The number of nitrogens with zero attached hydrogens (tertiary/aromatic N) is 1. The first-order valence-corrected chi connectivity index (χ1v) is 4.99. The third-order valence-corrected chi connectivity index (χ3v) is 3.28. The molecule has 0 N–H and O–H groups in total. The predicted molar refractivity (Wildman–Crippen MR) is 50.1 cm³/mol. The van der Waals surface area contributed by atoms with Crippen LogP contribution in [0.25, 0.3) is 0 Å². The topological polar surface area (TPSA) is 3.24 Å². The molecule has 1 rings (SSSR count). The molecule has 1 heterocycles. The minimum atomic E-state index is -2.15. The summed E-state index contributed by atoms with van der Waals surface area (Å²) in [6.45, 7) is 4.75. The van der Waals surface area contributed by atoms with Gasteiger partial charge in [0, 0.05) is 18.0 Å². The monoisotopic (exact) mass is 191 g/mol. The van der Waals surface area contributed by atoms with Crippen molar-refractivity contribution in [1.82, 2.24) is 4.90 Å². The van der Waals surface area contributed by atoms with Crippen LogP contribution >= 0.6 is 0 Å². The third-order valence-electron chi connectivity index (χ3n) is 3.28. The van der Waals surface area contributed by atoms with E-state index in [2.05, 4.69) is 18.7 Å². The summed E-state index contributed by atoms with van der Waals surface area (Å²) >= 11 is 0. The summed E-state index contributed by atoms with van der Waals surface area (Å²) in [4.78, 5) is 2.09. The Hall–Kier alpha value is -0.180. The molecule has 0 radical (unpaired) electrons. The average Bonchev–Trinajstić information content (AvgIpc) is 2.29. The van der Waals surface area contributed by atoms with E-state index in [0.29, 0.717) is 13.0 Å². The van der Waals surface area contributed by atoms with Crippen LogP contribution in [0.3, 0.4) is 0 Å². The highest BCUT2D eigenvalue weighted by atomic mass is 19.3. The van der Waals surface area contributed by atoms with E-state index >= 15 is 0 Å². The van der Waals surface area contributed by atoms with Gasteiger partial charge in [-0.3, -0.25) is 0 Å². The van der Waals surface area contributed by atoms with Crippen LogP contribution in [0.15, 0.2) is 0 Å². The quantitative estimate of drug-likeness (QED) is 0.663. The van der Waals surface area contributed by atoms with Crippen molar-refractivity contribution in [3.05, 3.63) is 0 Å². The normalized spacial score (nSPS) is 36.0. The lowest BCUT2D eigenvalue weighted by atomic mass is 9.90. The Morgan fingerprint density at radius 2 is 2.15 bits per heavy atom. The van der Waals surface area contributed by atoms with Crippen LogP contribution in [-0.2, 0) is 0 Å². The van der Waals surface area contributed by atoms with E-state index in [1.54, 1.807) is 0 Å². The second-order valence-electron chi connectivity index (χ2n) is 4.43. The van der Waals surface area contributed by atoms with Gasteiger partial charge in [0.1, 0.15) is 0 Å². The van der Waals surface area contributed by atoms with Crippen molar-refractivity contribution in [1.29, 1.82) is 0 Å². The first kappa shape index (κ1) is 10.9. The van der Waals surface area contributed by atoms with Gasteiger partial charge in [0.05, 0.1) is 0 Å². The fourth-order valence-corrected chi connectivity index (χ4v) is 2.36. The highest BCUT2D eigenvalue weighted by Crippen LogP contribution is 2.37. The van der Waals surface area contributed by atoms with Gasteiger partial charge in [-0.1, -0.05) is 13.3 Å². The SMILES string of the molecule is CCC[C@]1(C)C[C@H](C(F)F)CN1C. The summed E-state index contributed by atoms with van der Waals surface area (Å²) < 4.78 is 24.9. The number of hydrogen-bond donors (Lipinski definition) is 0. The molecule has 0 bridgehead atoms. The third kappa shape index (κ3) is 2.19. The van der Waals surface area contributed by atoms with Crippen LogP contribution in [-0.4, -0.2) is 30.5 Å². The van der Waals surface area contributed by atoms with Gasteiger partial charge >= 0.3 is 0 Å². The number of alkyl halides is 2. The van der Waals surface area contributed by atoms with Crippen molar-refractivity contribution in [2.45, 2.75) is 45.1 Å². The zero-order valence-corrected chi connectivity index (χ0v) is 8.69. The molecular formula is C10H19F2N. The Morgan fingerprint density at radius 1 is 1.54 bits per heavy atom. The predicted octanol–water partition coefficient (Wildman–Crippen LogP) is 2.76. The van der Waals surface area contributed by atoms with E-state index in [0.717, 1.165) is 12.8 Å². The molecule has 1 aliphatic rings. The summed E-state index contributed by atoms with van der Waals surface area (Å²) in [7, 11) is 1.96. The number of rotatable bonds is 3. The van der Waals surface area contributed by atoms with Crippen molar-refractivity contribution in [2.24, 2.45) is 5.92 Å². The Balaban J connectivity index is 2.59. The van der Waals surface area contributed by atoms with E-state index < -0.39 is 12.3 Å². The van der Waals surface area contributed by atoms with Crippen LogP contribution in [0, 0.1) is 5.92 Å².